The van der Waals surface area contributed by atoms with Gasteiger partial charge in [0.05, 0.1) is 17.7 Å². The van der Waals surface area contributed by atoms with Crippen molar-refractivity contribution >= 4 is 91.9 Å². The molecule has 1 N–H and O–H groups in total. The number of nitrogens with one attached hydrogen (secondary N) is 1. The van der Waals surface area contributed by atoms with E-state index in [1.165, 1.54) is 13.8 Å². The van der Waals surface area contributed by atoms with Crippen LogP contribution in [0.5, 0.6) is 0 Å². The zero-order valence-electron chi connectivity index (χ0n) is 13.2. The topological polar surface area (TPSA) is 98.8 Å². The van der Waals surface area contributed by atoms with Crippen molar-refractivity contribution in [3.8, 4) is 0 Å². The first-order chi connectivity index (χ1) is 11.7. The maximum atomic E-state index is 12.5. The Morgan fingerprint density at radius 2 is 1.80 bits per heavy atom. The molecule has 1 unspecified atom stereocenters. The summed E-state index contributed by atoms with van der Waals surface area (Å²) in [6.45, 7) is 2.25. The van der Waals surface area contributed by atoms with E-state index in [1.54, 1.807) is 6.07 Å². The highest BCUT2D eigenvalue weighted by Gasteiger charge is 2.22. The number of halogens is 3. The molecule has 1 atom stereocenters. The van der Waals surface area contributed by atoms with Gasteiger partial charge in [-0.25, -0.2) is 0 Å². The second-order valence-corrected chi connectivity index (χ2v) is 8.15. The Labute approximate surface area is 185 Å². The van der Waals surface area contributed by atoms with Crippen LogP contribution in [0.25, 0.3) is 0 Å². The molecule has 0 heterocycles. The van der Waals surface area contributed by atoms with Gasteiger partial charge in [0.15, 0.2) is 6.10 Å². The molecule has 1 aromatic carbocycles. The highest BCUT2D eigenvalue weighted by Crippen LogP contribution is 2.26. The summed E-state index contributed by atoms with van der Waals surface area (Å²) in [4.78, 5) is 45.6. The van der Waals surface area contributed by atoms with E-state index in [2.05, 4.69) is 5.32 Å². The van der Waals surface area contributed by atoms with Crippen LogP contribution in [0.15, 0.2) is 6.07 Å². The first kappa shape index (κ1) is 22.5. The minimum absolute atomic E-state index is 0.0377. The number of carbonyl (C=O) groups excluding carboxylic acids is 4. The van der Waals surface area contributed by atoms with Gasteiger partial charge in [-0.3, -0.25) is 19.2 Å². The molecule has 0 fully saturated rings. The van der Waals surface area contributed by atoms with E-state index in [-0.39, 0.29) is 13.2 Å². The van der Waals surface area contributed by atoms with Gasteiger partial charge in [-0.2, -0.15) is 0 Å². The minimum atomic E-state index is -0.804. The number of esters is 2. The molecule has 1 rings (SSSR count). The monoisotopic (exact) mass is 684 g/mol. The first-order valence-corrected chi connectivity index (χ1v) is 10.0. The van der Waals surface area contributed by atoms with Gasteiger partial charge in [0.2, 0.25) is 6.29 Å². The van der Waals surface area contributed by atoms with E-state index >= 15 is 0 Å². The maximum Gasteiger partial charge on any atom is 0.303 e. The van der Waals surface area contributed by atoms with E-state index in [1.807, 2.05) is 74.1 Å². The molecule has 0 aliphatic rings. The Balaban J connectivity index is 2.91. The van der Waals surface area contributed by atoms with Crippen molar-refractivity contribution in [2.45, 2.75) is 20.0 Å². The highest BCUT2D eigenvalue weighted by molar-refractivity contribution is 14.1. The van der Waals surface area contributed by atoms with E-state index in [4.69, 9.17) is 9.47 Å². The molecular formula is C15H13I3NO6. The van der Waals surface area contributed by atoms with Crippen LogP contribution >= 0.6 is 67.8 Å². The summed E-state index contributed by atoms with van der Waals surface area (Å²) in [5.41, 5.74) is 0.664. The van der Waals surface area contributed by atoms with Crippen LogP contribution in [0.4, 0.5) is 0 Å². The van der Waals surface area contributed by atoms with E-state index in [0.29, 0.717) is 21.8 Å². The average molecular weight is 684 g/mol. The lowest BCUT2D eigenvalue weighted by Crippen LogP contribution is -2.38. The van der Waals surface area contributed by atoms with E-state index in [0.717, 1.165) is 0 Å². The molecule has 1 aromatic rings. The number of rotatable bonds is 7. The number of hydrogen-bond acceptors (Lipinski definition) is 6. The molecule has 10 heteroatoms. The lowest BCUT2D eigenvalue weighted by Gasteiger charge is -2.18. The molecule has 0 aromatic heterocycles. The van der Waals surface area contributed by atoms with Crippen molar-refractivity contribution < 1.29 is 28.7 Å². The van der Waals surface area contributed by atoms with Crippen molar-refractivity contribution in [3.63, 3.8) is 0 Å². The fourth-order valence-corrected chi connectivity index (χ4v) is 5.85. The molecule has 135 valence electrons. The molecule has 1 amide bonds. The molecule has 0 spiro atoms. The molecular weight excluding hydrogens is 671 g/mol. The van der Waals surface area contributed by atoms with Crippen molar-refractivity contribution in [1.82, 2.24) is 5.32 Å². The zero-order valence-corrected chi connectivity index (χ0v) is 19.6. The largest absolute Gasteiger partial charge is 0.462 e. The number of hydrogen-bond donors (Lipinski definition) is 1. The third-order valence-electron chi connectivity index (χ3n) is 2.79. The van der Waals surface area contributed by atoms with Crippen molar-refractivity contribution in [1.29, 1.82) is 0 Å². The first-order valence-electron chi connectivity index (χ1n) is 6.81. The summed E-state index contributed by atoms with van der Waals surface area (Å²) in [5.74, 6) is -1.50. The molecule has 0 aliphatic heterocycles. The summed E-state index contributed by atoms with van der Waals surface area (Å²) in [6, 6.07) is 1.71. The lowest BCUT2D eigenvalue weighted by atomic mass is 10.1. The van der Waals surface area contributed by atoms with Crippen molar-refractivity contribution in [2.75, 3.05) is 13.2 Å². The van der Waals surface area contributed by atoms with Gasteiger partial charge in [0.1, 0.15) is 6.61 Å². The Kier molecular flexibility index (Phi) is 9.55. The van der Waals surface area contributed by atoms with Crippen LogP contribution in [-0.4, -0.2) is 43.4 Å². The number of carbonyl (C=O) groups is 3. The minimum Gasteiger partial charge on any atom is -0.462 e. The predicted octanol–water partition coefficient (Wildman–Crippen LogP) is 2.18. The Bertz CT molecular complexity index is 707. The van der Waals surface area contributed by atoms with Gasteiger partial charge in [-0.1, -0.05) is 0 Å². The van der Waals surface area contributed by atoms with Crippen molar-refractivity contribution in [3.05, 3.63) is 27.9 Å². The molecule has 25 heavy (non-hydrogen) atoms. The molecule has 0 saturated carbocycles. The third kappa shape index (κ3) is 6.96. The van der Waals surface area contributed by atoms with Crippen molar-refractivity contribution in [2.24, 2.45) is 0 Å². The molecule has 7 nitrogen and oxygen atoms in total. The second kappa shape index (κ2) is 10.6. The van der Waals surface area contributed by atoms with Crippen LogP contribution in [0.1, 0.15) is 29.8 Å². The Morgan fingerprint density at radius 3 is 2.32 bits per heavy atom. The smallest absolute Gasteiger partial charge is 0.303 e. The Morgan fingerprint density at radius 1 is 1.16 bits per heavy atom. The fourth-order valence-electron chi connectivity index (χ4n) is 1.77. The molecule has 0 aliphatic carbocycles. The summed E-state index contributed by atoms with van der Waals surface area (Å²) in [6.07, 6.45) is 1.03. The standard InChI is InChI=1S/C15H13I3NO6/c1-7(21)24-6-9(25-8(2)22)4-19-15(23)13-12(17)3-11(16)10(5-20)14(13)18/h3,9H,4,6H2,1-2H3,(H,19,23). The zero-order chi connectivity index (χ0) is 19.1. The molecule has 0 saturated heterocycles. The van der Waals surface area contributed by atoms with E-state index in [9.17, 15) is 19.2 Å². The van der Waals surface area contributed by atoms with E-state index < -0.39 is 23.9 Å². The Hall–Kier alpha value is -0.510. The van der Waals surface area contributed by atoms with Gasteiger partial charge in [0.25, 0.3) is 5.91 Å². The quantitative estimate of drug-likeness (QED) is 0.350. The summed E-state index contributed by atoms with van der Waals surface area (Å²) in [7, 11) is 0. The predicted molar refractivity (Wildman–Crippen MR) is 114 cm³/mol. The number of benzene rings is 1. The van der Waals surface area contributed by atoms with Gasteiger partial charge >= 0.3 is 11.9 Å². The van der Waals surface area contributed by atoms with Crippen LogP contribution in [0, 0.1) is 10.7 Å². The van der Waals surface area contributed by atoms with Crippen LogP contribution < -0.4 is 5.32 Å². The average Bonchev–Trinajstić information content (AvgIpc) is 2.49. The summed E-state index contributed by atoms with van der Waals surface area (Å²) < 4.78 is 11.7. The normalized spacial score (nSPS) is 11.4. The maximum absolute atomic E-state index is 12.5. The number of ether oxygens (including phenoxy) is 2. The SMILES string of the molecule is CC(=O)OCC(CNC(=O)c1c(I)cc(I)c([C]=O)c1I)OC(C)=O. The van der Waals surface area contributed by atoms with Crippen LogP contribution in [-0.2, 0) is 23.9 Å². The summed E-state index contributed by atoms with van der Waals surface area (Å²) >= 11 is 5.93. The second-order valence-electron chi connectivity index (χ2n) is 4.75. The fraction of sp³-hybridized carbons (Fsp3) is 0.333. The van der Waals surface area contributed by atoms with Gasteiger partial charge in [-0.05, 0) is 73.8 Å². The van der Waals surface area contributed by atoms with Crippen LogP contribution in [0.3, 0.4) is 0 Å². The molecule has 1 radical (unpaired) electrons. The third-order valence-corrected chi connectivity index (χ3v) is 5.57. The van der Waals surface area contributed by atoms with Gasteiger partial charge in [0, 0.05) is 24.6 Å². The molecule has 0 bridgehead atoms. The van der Waals surface area contributed by atoms with Crippen LogP contribution in [0.2, 0.25) is 0 Å². The number of amides is 1. The van der Waals surface area contributed by atoms with Gasteiger partial charge < -0.3 is 14.8 Å². The highest BCUT2D eigenvalue weighted by atomic mass is 127. The lowest BCUT2D eigenvalue weighted by molar-refractivity contribution is -0.155. The van der Waals surface area contributed by atoms with Gasteiger partial charge in [-0.15, -0.1) is 0 Å². The summed E-state index contributed by atoms with van der Waals surface area (Å²) in [5, 5.41) is 2.63.